The minimum atomic E-state index is -0.802. The summed E-state index contributed by atoms with van der Waals surface area (Å²) >= 11 is 0. The van der Waals surface area contributed by atoms with Gasteiger partial charge in [-0.2, -0.15) is 0 Å². The van der Waals surface area contributed by atoms with Crippen LogP contribution >= 0.6 is 0 Å². The van der Waals surface area contributed by atoms with Gasteiger partial charge in [-0.3, -0.25) is 4.79 Å². The first-order valence-corrected chi connectivity index (χ1v) is 7.72. The van der Waals surface area contributed by atoms with Gasteiger partial charge in [-0.1, -0.05) is 24.1 Å². The summed E-state index contributed by atoms with van der Waals surface area (Å²) in [5.41, 5.74) is 14.7. The normalized spacial score (nSPS) is 25.0. The molecular weight excluding hydrogens is 262 g/mol. The van der Waals surface area contributed by atoms with E-state index in [4.69, 9.17) is 11.5 Å². The Morgan fingerprint density at radius 2 is 2.14 bits per heavy atom. The zero-order chi connectivity index (χ0) is 15.6. The Morgan fingerprint density at radius 3 is 2.76 bits per heavy atom. The number of primary amides is 1. The highest BCUT2D eigenvalue weighted by atomic mass is 16.1. The molecule has 4 N–H and O–H groups in total. The summed E-state index contributed by atoms with van der Waals surface area (Å²) in [5, 5.41) is 0. The fraction of sp³-hybridized carbons (Fsp3) is 0.588. The third-order valence-corrected chi connectivity index (χ3v) is 4.91. The van der Waals surface area contributed by atoms with E-state index < -0.39 is 5.54 Å². The number of carbonyl (C=O) groups is 1. The SMILES string of the molecule is Cc1ccc(N(C)CCC2CCCC2(N)C(N)=O)c(C)c1. The van der Waals surface area contributed by atoms with Crippen LogP contribution in [0.15, 0.2) is 18.2 Å². The van der Waals surface area contributed by atoms with Crippen LogP contribution in [0.2, 0.25) is 0 Å². The van der Waals surface area contributed by atoms with Crippen LogP contribution in [0.5, 0.6) is 0 Å². The van der Waals surface area contributed by atoms with Gasteiger partial charge in [0.25, 0.3) is 0 Å². The first-order chi connectivity index (χ1) is 9.84. The number of anilines is 1. The molecule has 0 aliphatic heterocycles. The van der Waals surface area contributed by atoms with Crippen molar-refractivity contribution < 1.29 is 4.79 Å². The molecule has 116 valence electrons. The van der Waals surface area contributed by atoms with Crippen molar-refractivity contribution >= 4 is 11.6 Å². The molecule has 0 bridgehead atoms. The van der Waals surface area contributed by atoms with E-state index in [9.17, 15) is 4.79 Å². The van der Waals surface area contributed by atoms with Crippen LogP contribution in [0.4, 0.5) is 5.69 Å². The van der Waals surface area contributed by atoms with Crippen molar-refractivity contribution in [2.24, 2.45) is 17.4 Å². The molecule has 2 unspecified atom stereocenters. The Morgan fingerprint density at radius 1 is 1.43 bits per heavy atom. The van der Waals surface area contributed by atoms with E-state index >= 15 is 0 Å². The second-order valence-corrected chi connectivity index (χ2v) is 6.49. The summed E-state index contributed by atoms with van der Waals surface area (Å²) in [6.45, 7) is 5.12. The highest BCUT2D eigenvalue weighted by Gasteiger charge is 2.43. The van der Waals surface area contributed by atoms with Gasteiger partial charge in [0.1, 0.15) is 0 Å². The van der Waals surface area contributed by atoms with E-state index in [1.165, 1.54) is 16.8 Å². The number of rotatable bonds is 5. The summed E-state index contributed by atoms with van der Waals surface area (Å²) in [4.78, 5) is 13.9. The Bertz CT molecular complexity index is 529. The topological polar surface area (TPSA) is 72.3 Å². The highest BCUT2D eigenvalue weighted by Crippen LogP contribution is 2.36. The zero-order valence-electron chi connectivity index (χ0n) is 13.4. The van der Waals surface area contributed by atoms with Crippen molar-refractivity contribution in [3.05, 3.63) is 29.3 Å². The number of nitrogens with zero attached hydrogens (tertiary/aromatic N) is 1. The summed E-state index contributed by atoms with van der Waals surface area (Å²) in [7, 11) is 2.09. The Labute approximate surface area is 127 Å². The Balaban J connectivity index is 2.01. The second-order valence-electron chi connectivity index (χ2n) is 6.49. The standard InChI is InChI=1S/C17H27N3O/c1-12-6-7-15(13(2)11-12)20(3)10-8-14-5-4-9-17(14,19)16(18)21/h6-7,11,14H,4-5,8-10,19H2,1-3H3,(H2,18,21). The molecule has 1 fully saturated rings. The van der Waals surface area contributed by atoms with Crippen LogP contribution in [-0.4, -0.2) is 25.0 Å². The first-order valence-electron chi connectivity index (χ1n) is 7.72. The molecule has 0 heterocycles. The first kappa shape index (κ1) is 15.8. The highest BCUT2D eigenvalue weighted by molar-refractivity contribution is 5.85. The largest absolute Gasteiger partial charge is 0.374 e. The van der Waals surface area contributed by atoms with Gasteiger partial charge >= 0.3 is 0 Å². The van der Waals surface area contributed by atoms with Crippen LogP contribution in [0.25, 0.3) is 0 Å². The van der Waals surface area contributed by atoms with Gasteiger partial charge in [-0.05, 0) is 50.7 Å². The van der Waals surface area contributed by atoms with E-state index in [0.717, 1.165) is 32.2 Å². The predicted octanol–water partition coefficient (Wildman–Crippen LogP) is 2.11. The lowest BCUT2D eigenvalue weighted by Crippen LogP contribution is -2.55. The molecule has 0 aromatic heterocycles. The van der Waals surface area contributed by atoms with Crippen LogP contribution in [0, 0.1) is 19.8 Å². The van der Waals surface area contributed by atoms with Crippen molar-refractivity contribution in [1.29, 1.82) is 0 Å². The van der Waals surface area contributed by atoms with Gasteiger partial charge in [-0.15, -0.1) is 0 Å². The maximum absolute atomic E-state index is 11.6. The minimum Gasteiger partial charge on any atom is -0.374 e. The van der Waals surface area contributed by atoms with Crippen LogP contribution in [0.3, 0.4) is 0 Å². The van der Waals surface area contributed by atoms with Crippen LogP contribution < -0.4 is 16.4 Å². The smallest absolute Gasteiger partial charge is 0.237 e. The molecule has 4 heteroatoms. The molecule has 0 radical (unpaired) electrons. The third kappa shape index (κ3) is 3.21. The quantitative estimate of drug-likeness (QED) is 0.872. The molecule has 2 rings (SSSR count). The molecule has 0 spiro atoms. The lowest BCUT2D eigenvalue weighted by molar-refractivity contribution is -0.124. The van der Waals surface area contributed by atoms with Gasteiger partial charge in [0.05, 0.1) is 5.54 Å². The lowest BCUT2D eigenvalue weighted by Gasteiger charge is -2.30. The zero-order valence-corrected chi connectivity index (χ0v) is 13.4. The fourth-order valence-electron chi connectivity index (χ4n) is 3.53. The monoisotopic (exact) mass is 289 g/mol. The van der Waals surface area contributed by atoms with Gasteiger partial charge in [0.2, 0.25) is 5.91 Å². The Hall–Kier alpha value is -1.55. The lowest BCUT2D eigenvalue weighted by atomic mass is 9.85. The summed E-state index contributed by atoms with van der Waals surface area (Å²) in [5.74, 6) is -0.151. The van der Waals surface area contributed by atoms with Gasteiger partial charge in [0, 0.05) is 19.3 Å². The van der Waals surface area contributed by atoms with Crippen molar-refractivity contribution in [3.63, 3.8) is 0 Å². The molecule has 1 saturated carbocycles. The van der Waals surface area contributed by atoms with Crippen molar-refractivity contribution in [3.8, 4) is 0 Å². The maximum Gasteiger partial charge on any atom is 0.237 e. The number of amides is 1. The molecule has 4 nitrogen and oxygen atoms in total. The summed E-state index contributed by atoms with van der Waals surface area (Å²) < 4.78 is 0. The van der Waals surface area contributed by atoms with Gasteiger partial charge in [0.15, 0.2) is 0 Å². The molecule has 21 heavy (non-hydrogen) atoms. The third-order valence-electron chi connectivity index (χ3n) is 4.91. The number of benzene rings is 1. The molecule has 2 atom stereocenters. The Kier molecular flexibility index (Phi) is 4.57. The molecule has 1 amide bonds. The average molecular weight is 289 g/mol. The molecule has 1 aromatic rings. The van der Waals surface area contributed by atoms with E-state index in [1.807, 2.05) is 0 Å². The van der Waals surface area contributed by atoms with Gasteiger partial charge in [-0.25, -0.2) is 0 Å². The number of hydrogen-bond donors (Lipinski definition) is 2. The summed E-state index contributed by atoms with van der Waals surface area (Å²) in [6.07, 6.45) is 3.63. The maximum atomic E-state index is 11.6. The van der Waals surface area contributed by atoms with E-state index in [0.29, 0.717) is 0 Å². The molecular formula is C17H27N3O. The molecule has 1 aromatic carbocycles. The molecule has 1 aliphatic carbocycles. The van der Waals surface area contributed by atoms with Crippen molar-refractivity contribution in [1.82, 2.24) is 0 Å². The van der Waals surface area contributed by atoms with Crippen molar-refractivity contribution in [2.45, 2.75) is 45.1 Å². The predicted molar refractivity (Wildman–Crippen MR) is 87.3 cm³/mol. The molecule has 0 saturated heterocycles. The van der Waals surface area contributed by atoms with E-state index in [-0.39, 0.29) is 11.8 Å². The minimum absolute atomic E-state index is 0.197. The summed E-state index contributed by atoms with van der Waals surface area (Å²) in [6, 6.07) is 6.48. The number of hydrogen-bond acceptors (Lipinski definition) is 3. The fourth-order valence-corrected chi connectivity index (χ4v) is 3.53. The van der Waals surface area contributed by atoms with Crippen LogP contribution in [-0.2, 0) is 4.79 Å². The number of nitrogens with two attached hydrogens (primary N) is 2. The van der Waals surface area contributed by atoms with E-state index in [2.05, 4.69) is 44.0 Å². The molecule has 1 aliphatic rings. The van der Waals surface area contributed by atoms with Crippen LogP contribution in [0.1, 0.15) is 36.8 Å². The second kappa shape index (κ2) is 6.06. The number of aryl methyl sites for hydroxylation is 2. The number of carbonyl (C=O) groups excluding carboxylic acids is 1. The average Bonchev–Trinajstić information content (AvgIpc) is 2.79. The van der Waals surface area contributed by atoms with Gasteiger partial charge < -0.3 is 16.4 Å². The van der Waals surface area contributed by atoms with Crippen molar-refractivity contribution in [2.75, 3.05) is 18.5 Å². The van der Waals surface area contributed by atoms with E-state index in [1.54, 1.807) is 0 Å².